The number of urea groups is 1. The second-order valence-corrected chi connectivity index (χ2v) is 11.2. The van der Waals surface area contributed by atoms with Crippen LogP contribution in [0.1, 0.15) is 54.4 Å². The smallest absolute Gasteiger partial charge is 0.320 e. The first-order valence-electron chi connectivity index (χ1n) is 13.5. The van der Waals surface area contributed by atoms with Crippen molar-refractivity contribution in [3.8, 4) is 5.75 Å². The minimum atomic E-state index is -0.139. The number of nitrogens with two attached hydrogens (primary N) is 2. The van der Waals surface area contributed by atoms with Crippen LogP contribution >= 0.6 is 11.6 Å². The monoisotopic (exact) mass is 518 g/mol. The lowest BCUT2D eigenvalue weighted by atomic mass is 9.94. The summed E-state index contributed by atoms with van der Waals surface area (Å²) in [6.07, 6.45) is 6.63. The van der Waals surface area contributed by atoms with Crippen molar-refractivity contribution in [2.75, 3.05) is 58.2 Å². The highest BCUT2D eigenvalue weighted by Crippen LogP contribution is 2.38. The zero-order valence-corrected chi connectivity index (χ0v) is 21.8. The van der Waals surface area contributed by atoms with Crippen LogP contribution in [0.2, 0.25) is 5.02 Å². The minimum Gasteiger partial charge on any atom is -0.492 e. The number of amides is 3. The van der Waals surface area contributed by atoms with Gasteiger partial charge in [0.05, 0.1) is 22.9 Å². The summed E-state index contributed by atoms with van der Waals surface area (Å²) in [5.74, 6) is 1.06. The number of hydrogen-bond donors (Lipinski definition) is 3. The molecular weight excluding hydrogens is 480 g/mol. The SMILES string of the molecule is Nc1c(Cl)cc(C(=O)NC2CCN(CC3CCN(C(=O)N4CCCC(N)C4)CC3)CC2)c2c1CCO2. The van der Waals surface area contributed by atoms with Gasteiger partial charge in [0.25, 0.3) is 5.91 Å². The van der Waals surface area contributed by atoms with Crippen molar-refractivity contribution in [3.63, 3.8) is 0 Å². The van der Waals surface area contributed by atoms with Gasteiger partial charge >= 0.3 is 6.03 Å². The molecule has 4 aliphatic heterocycles. The molecule has 0 spiro atoms. The highest BCUT2D eigenvalue weighted by molar-refractivity contribution is 6.33. The number of halogens is 1. The van der Waals surface area contributed by atoms with E-state index in [1.807, 2.05) is 9.80 Å². The number of carbonyl (C=O) groups is 2. The molecule has 10 heteroatoms. The van der Waals surface area contributed by atoms with Crippen LogP contribution in [-0.2, 0) is 6.42 Å². The maximum absolute atomic E-state index is 13.0. The van der Waals surface area contributed by atoms with E-state index >= 15 is 0 Å². The van der Waals surface area contributed by atoms with Gasteiger partial charge < -0.3 is 36.2 Å². The summed E-state index contributed by atoms with van der Waals surface area (Å²) in [5, 5.41) is 3.59. The third-order valence-corrected chi connectivity index (χ3v) is 8.58. The van der Waals surface area contributed by atoms with E-state index in [1.54, 1.807) is 6.07 Å². The molecule has 1 unspecified atom stereocenters. The maximum atomic E-state index is 13.0. The Bertz CT molecular complexity index is 975. The van der Waals surface area contributed by atoms with Gasteiger partial charge in [-0.15, -0.1) is 0 Å². The fraction of sp³-hybridized carbons (Fsp3) is 0.692. The maximum Gasteiger partial charge on any atom is 0.320 e. The molecule has 3 saturated heterocycles. The Balaban J connectivity index is 1.05. The van der Waals surface area contributed by atoms with E-state index in [2.05, 4.69) is 10.2 Å². The molecule has 3 fully saturated rings. The number of nitrogen functional groups attached to an aromatic ring is 1. The van der Waals surface area contributed by atoms with E-state index < -0.39 is 0 Å². The van der Waals surface area contributed by atoms with E-state index in [-0.39, 0.29) is 24.0 Å². The van der Waals surface area contributed by atoms with Crippen molar-refractivity contribution < 1.29 is 14.3 Å². The van der Waals surface area contributed by atoms with Crippen LogP contribution in [0.4, 0.5) is 10.5 Å². The Morgan fingerprint density at radius 1 is 1.06 bits per heavy atom. The molecule has 0 aromatic heterocycles. The van der Waals surface area contributed by atoms with Crippen molar-refractivity contribution in [3.05, 3.63) is 22.2 Å². The molecule has 3 amide bonds. The Morgan fingerprint density at radius 3 is 2.53 bits per heavy atom. The van der Waals surface area contributed by atoms with Gasteiger partial charge in [-0.25, -0.2) is 4.79 Å². The average Bonchev–Trinajstić information content (AvgIpc) is 3.38. The molecule has 0 aliphatic carbocycles. The van der Waals surface area contributed by atoms with Gasteiger partial charge in [-0.2, -0.15) is 0 Å². The number of ether oxygens (including phenoxy) is 1. The Hall–Kier alpha value is -2.23. The zero-order chi connectivity index (χ0) is 25.2. The van der Waals surface area contributed by atoms with Gasteiger partial charge in [0.1, 0.15) is 5.75 Å². The first-order valence-corrected chi connectivity index (χ1v) is 13.8. The number of nitrogens with one attached hydrogen (secondary N) is 1. The molecule has 1 aromatic carbocycles. The second-order valence-electron chi connectivity index (χ2n) is 10.8. The molecule has 36 heavy (non-hydrogen) atoms. The minimum absolute atomic E-state index is 0.117. The Labute approximate surface area is 218 Å². The first kappa shape index (κ1) is 25.4. The number of likely N-dealkylation sites (tertiary alicyclic amines) is 3. The van der Waals surface area contributed by atoms with Crippen molar-refractivity contribution >= 4 is 29.2 Å². The number of carbonyl (C=O) groups excluding carboxylic acids is 2. The summed E-state index contributed by atoms with van der Waals surface area (Å²) in [7, 11) is 0. The van der Waals surface area contributed by atoms with E-state index in [0.717, 1.165) is 83.4 Å². The molecule has 5 rings (SSSR count). The third-order valence-electron chi connectivity index (χ3n) is 8.27. The lowest BCUT2D eigenvalue weighted by Crippen LogP contribution is -2.53. The van der Waals surface area contributed by atoms with E-state index in [4.69, 9.17) is 27.8 Å². The van der Waals surface area contributed by atoms with Crippen LogP contribution in [0.3, 0.4) is 0 Å². The lowest BCUT2D eigenvalue weighted by molar-refractivity contribution is 0.0879. The van der Waals surface area contributed by atoms with Crippen LogP contribution in [0, 0.1) is 5.92 Å². The second kappa shape index (κ2) is 11.0. The Kier molecular flexibility index (Phi) is 7.79. The standard InChI is InChI=1S/C26H39ClN6O3/c27-22-14-21(24-20(23(22)29)7-13-36-24)25(34)30-19-5-9-31(10-6-19)15-17-3-11-32(12-4-17)26(35)33-8-1-2-18(28)16-33/h14,17-19H,1-13,15-16,28-29H2,(H,30,34). The first-order chi connectivity index (χ1) is 17.4. The summed E-state index contributed by atoms with van der Waals surface area (Å²) >= 11 is 6.27. The lowest BCUT2D eigenvalue weighted by Gasteiger charge is -2.40. The molecule has 4 aliphatic rings. The number of nitrogens with zero attached hydrogens (tertiary/aromatic N) is 3. The van der Waals surface area contributed by atoms with Crippen LogP contribution in [-0.4, -0.2) is 91.1 Å². The summed E-state index contributed by atoms with van der Waals surface area (Å²) < 4.78 is 5.70. The molecule has 5 N–H and O–H groups in total. The predicted octanol–water partition coefficient (Wildman–Crippen LogP) is 2.31. The molecule has 1 atom stereocenters. The molecule has 0 radical (unpaired) electrons. The van der Waals surface area contributed by atoms with Gasteiger partial charge in [0, 0.05) is 69.9 Å². The molecule has 9 nitrogen and oxygen atoms in total. The van der Waals surface area contributed by atoms with Crippen LogP contribution < -0.4 is 21.5 Å². The highest BCUT2D eigenvalue weighted by atomic mass is 35.5. The topological polar surface area (TPSA) is 117 Å². The summed E-state index contributed by atoms with van der Waals surface area (Å²) in [6, 6.07) is 2.05. The van der Waals surface area contributed by atoms with Gasteiger partial charge in [0.15, 0.2) is 0 Å². The fourth-order valence-corrected chi connectivity index (χ4v) is 6.34. The van der Waals surface area contributed by atoms with Crippen molar-refractivity contribution in [1.82, 2.24) is 20.0 Å². The van der Waals surface area contributed by atoms with Gasteiger partial charge in [-0.3, -0.25) is 4.79 Å². The van der Waals surface area contributed by atoms with Crippen LogP contribution in [0.15, 0.2) is 6.07 Å². The number of fused-ring (bicyclic) bond motifs is 1. The average molecular weight is 519 g/mol. The number of hydrogen-bond acceptors (Lipinski definition) is 6. The van der Waals surface area contributed by atoms with Crippen molar-refractivity contribution in [2.45, 2.75) is 57.0 Å². The summed E-state index contributed by atoms with van der Waals surface area (Å²) in [6.45, 7) is 6.70. The van der Waals surface area contributed by atoms with Crippen LogP contribution in [0.25, 0.3) is 0 Å². The summed E-state index contributed by atoms with van der Waals surface area (Å²) in [5.41, 5.74) is 14.0. The van der Waals surface area contributed by atoms with Gasteiger partial charge in [-0.05, 0) is 50.5 Å². The molecular formula is C26H39ClN6O3. The quantitative estimate of drug-likeness (QED) is 0.526. The van der Waals surface area contributed by atoms with E-state index in [1.165, 1.54) is 0 Å². The predicted molar refractivity (Wildman–Crippen MR) is 140 cm³/mol. The summed E-state index contributed by atoms with van der Waals surface area (Å²) in [4.78, 5) is 32.3. The van der Waals surface area contributed by atoms with E-state index in [9.17, 15) is 9.59 Å². The number of piperidine rings is 3. The highest BCUT2D eigenvalue weighted by Gasteiger charge is 2.31. The normalized spacial score (nSPS) is 23.9. The van der Waals surface area contributed by atoms with Gasteiger partial charge in [-0.1, -0.05) is 11.6 Å². The third kappa shape index (κ3) is 5.53. The molecule has 1 aromatic rings. The van der Waals surface area contributed by atoms with Gasteiger partial charge in [0.2, 0.25) is 0 Å². The largest absolute Gasteiger partial charge is 0.492 e. The van der Waals surface area contributed by atoms with E-state index in [0.29, 0.717) is 47.5 Å². The zero-order valence-electron chi connectivity index (χ0n) is 21.0. The molecule has 4 heterocycles. The molecule has 0 bridgehead atoms. The number of benzene rings is 1. The van der Waals surface area contributed by atoms with Crippen LogP contribution in [0.5, 0.6) is 5.75 Å². The number of rotatable bonds is 4. The molecule has 0 saturated carbocycles. The molecule has 198 valence electrons. The van der Waals surface area contributed by atoms with Crippen molar-refractivity contribution in [1.29, 1.82) is 0 Å². The number of anilines is 1. The Morgan fingerprint density at radius 2 is 1.81 bits per heavy atom. The fourth-order valence-electron chi connectivity index (χ4n) is 6.11. The van der Waals surface area contributed by atoms with Crippen molar-refractivity contribution in [2.24, 2.45) is 11.7 Å².